The molecule has 1 saturated heterocycles. The molecule has 1 atom stereocenters. The van der Waals surface area contributed by atoms with E-state index in [-0.39, 0.29) is 11.8 Å². The van der Waals surface area contributed by atoms with Crippen LogP contribution in [0.3, 0.4) is 0 Å². The molecule has 1 fully saturated rings. The van der Waals surface area contributed by atoms with Crippen molar-refractivity contribution in [2.45, 2.75) is 32.9 Å². The molecule has 28 heavy (non-hydrogen) atoms. The van der Waals surface area contributed by atoms with Crippen LogP contribution in [-0.2, 0) is 11.3 Å². The van der Waals surface area contributed by atoms with Crippen molar-refractivity contribution in [3.05, 3.63) is 59.5 Å². The standard InChI is InChI=1S/C21H23N5O2/c1-3-19-20(27)22-10-11-25(19)21(28)17-12-15(13-26-14(2)8-9-23-26)24-18-7-5-4-6-16(17)18/h4-9,12,19H,3,10-11,13H2,1-2H3,(H,22,27)/t19-/m1/s1. The monoisotopic (exact) mass is 377 g/mol. The summed E-state index contributed by atoms with van der Waals surface area (Å²) in [7, 11) is 0. The van der Waals surface area contributed by atoms with E-state index in [1.807, 2.05) is 54.9 Å². The lowest BCUT2D eigenvalue weighted by molar-refractivity contribution is -0.127. The van der Waals surface area contributed by atoms with E-state index in [0.29, 0.717) is 31.6 Å². The number of piperazine rings is 1. The molecule has 7 nitrogen and oxygen atoms in total. The lowest BCUT2D eigenvalue weighted by Gasteiger charge is -2.34. The van der Waals surface area contributed by atoms with E-state index in [1.165, 1.54) is 0 Å². The summed E-state index contributed by atoms with van der Waals surface area (Å²) in [6.07, 6.45) is 2.33. The zero-order valence-electron chi connectivity index (χ0n) is 16.1. The number of aryl methyl sites for hydroxylation is 1. The molecule has 144 valence electrons. The zero-order chi connectivity index (χ0) is 19.7. The summed E-state index contributed by atoms with van der Waals surface area (Å²) in [5.74, 6) is -0.216. The second-order valence-electron chi connectivity index (χ2n) is 7.02. The lowest BCUT2D eigenvalue weighted by Crippen LogP contribution is -2.56. The van der Waals surface area contributed by atoms with E-state index in [4.69, 9.17) is 4.98 Å². The second kappa shape index (κ2) is 7.42. The molecule has 2 aromatic heterocycles. The molecular weight excluding hydrogens is 354 g/mol. The van der Waals surface area contributed by atoms with Crippen molar-refractivity contribution < 1.29 is 9.59 Å². The molecule has 2 amide bonds. The smallest absolute Gasteiger partial charge is 0.255 e. The number of aromatic nitrogens is 3. The van der Waals surface area contributed by atoms with Crippen molar-refractivity contribution in [2.24, 2.45) is 0 Å². The zero-order valence-corrected chi connectivity index (χ0v) is 16.1. The Morgan fingerprint density at radius 2 is 2.11 bits per heavy atom. The Hall–Kier alpha value is -3.22. The van der Waals surface area contributed by atoms with Crippen LogP contribution >= 0.6 is 0 Å². The van der Waals surface area contributed by atoms with Gasteiger partial charge in [-0.3, -0.25) is 19.3 Å². The van der Waals surface area contributed by atoms with Crippen molar-refractivity contribution >= 4 is 22.7 Å². The minimum Gasteiger partial charge on any atom is -0.353 e. The topological polar surface area (TPSA) is 80.1 Å². The maximum absolute atomic E-state index is 13.4. The van der Waals surface area contributed by atoms with Gasteiger partial charge in [0.15, 0.2) is 0 Å². The summed E-state index contributed by atoms with van der Waals surface area (Å²) in [5, 5.41) is 7.97. The molecule has 1 N–H and O–H groups in total. The van der Waals surface area contributed by atoms with Gasteiger partial charge in [-0.05, 0) is 31.5 Å². The van der Waals surface area contributed by atoms with Gasteiger partial charge >= 0.3 is 0 Å². The van der Waals surface area contributed by atoms with Gasteiger partial charge in [0.05, 0.1) is 23.3 Å². The number of para-hydroxylation sites is 1. The first kappa shape index (κ1) is 18.2. The van der Waals surface area contributed by atoms with E-state index in [2.05, 4.69) is 10.4 Å². The van der Waals surface area contributed by atoms with Crippen LogP contribution in [0.2, 0.25) is 0 Å². The van der Waals surface area contributed by atoms with Crippen molar-refractivity contribution in [1.82, 2.24) is 25.0 Å². The Morgan fingerprint density at radius 3 is 2.86 bits per heavy atom. The van der Waals surface area contributed by atoms with E-state index in [0.717, 1.165) is 22.3 Å². The summed E-state index contributed by atoms with van der Waals surface area (Å²) in [4.78, 5) is 32.1. The van der Waals surface area contributed by atoms with Crippen molar-refractivity contribution in [3.63, 3.8) is 0 Å². The van der Waals surface area contributed by atoms with Gasteiger partial charge in [0, 0.05) is 30.4 Å². The number of amides is 2. The van der Waals surface area contributed by atoms with Gasteiger partial charge in [0.2, 0.25) is 5.91 Å². The number of rotatable bonds is 4. The van der Waals surface area contributed by atoms with E-state index in [9.17, 15) is 9.59 Å². The molecule has 1 aliphatic rings. The second-order valence-corrected chi connectivity index (χ2v) is 7.02. The maximum atomic E-state index is 13.4. The first-order valence-electron chi connectivity index (χ1n) is 9.54. The number of hydrogen-bond donors (Lipinski definition) is 1. The summed E-state index contributed by atoms with van der Waals surface area (Å²) in [6.45, 7) is 5.38. The lowest BCUT2D eigenvalue weighted by atomic mass is 10.0. The van der Waals surface area contributed by atoms with Gasteiger partial charge in [-0.1, -0.05) is 25.1 Å². The van der Waals surface area contributed by atoms with Gasteiger partial charge in [-0.25, -0.2) is 0 Å². The molecule has 3 heterocycles. The van der Waals surface area contributed by atoms with Gasteiger partial charge in [0.25, 0.3) is 5.91 Å². The fraction of sp³-hybridized carbons (Fsp3) is 0.333. The van der Waals surface area contributed by atoms with Crippen LogP contribution in [0.1, 0.15) is 35.1 Å². The predicted octanol–water partition coefficient (Wildman–Crippen LogP) is 2.14. The van der Waals surface area contributed by atoms with E-state index in [1.54, 1.807) is 11.1 Å². The van der Waals surface area contributed by atoms with Crippen molar-refractivity contribution in [1.29, 1.82) is 0 Å². The van der Waals surface area contributed by atoms with Crippen LogP contribution in [0, 0.1) is 6.92 Å². The Kier molecular flexibility index (Phi) is 4.81. The highest BCUT2D eigenvalue weighted by Crippen LogP contribution is 2.23. The molecule has 1 aliphatic heterocycles. The van der Waals surface area contributed by atoms with Crippen LogP contribution in [0.25, 0.3) is 10.9 Å². The highest BCUT2D eigenvalue weighted by molar-refractivity contribution is 6.07. The van der Waals surface area contributed by atoms with Crippen molar-refractivity contribution in [2.75, 3.05) is 13.1 Å². The first-order chi connectivity index (χ1) is 13.6. The molecule has 0 bridgehead atoms. The minimum atomic E-state index is -0.440. The number of carbonyl (C=O) groups excluding carboxylic acids is 2. The van der Waals surface area contributed by atoms with Crippen molar-refractivity contribution in [3.8, 4) is 0 Å². The summed E-state index contributed by atoms with van der Waals surface area (Å²) >= 11 is 0. The number of benzene rings is 1. The highest BCUT2D eigenvalue weighted by Gasteiger charge is 2.33. The fourth-order valence-electron chi connectivity index (χ4n) is 3.72. The van der Waals surface area contributed by atoms with Gasteiger partial charge in [-0.15, -0.1) is 0 Å². The van der Waals surface area contributed by atoms with E-state index >= 15 is 0 Å². The molecule has 4 rings (SSSR count). The average Bonchev–Trinajstić information content (AvgIpc) is 3.11. The number of hydrogen-bond acceptors (Lipinski definition) is 4. The number of carbonyl (C=O) groups is 2. The van der Waals surface area contributed by atoms with Crippen LogP contribution in [-0.4, -0.2) is 50.6 Å². The molecule has 0 saturated carbocycles. The summed E-state index contributed by atoms with van der Waals surface area (Å²) in [6, 6.07) is 11.0. The summed E-state index contributed by atoms with van der Waals surface area (Å²) in [5.41, 5.74) is 3.14. The molecule has 3 aromatic rings. The Balaban J connectivity index is 1.77. The molecule has 7 heteroatoms. The minimum absolute atomic E-state index is 0.0900. The number of nitrogens with zero attached hydrogens (tertiary/aromatic N) is 4. The Labute approximate surface area is 163 Å². The molecular formula is C21H23N5O2. The third kappa shape index (κ3) is 3.24. The largest absolute Gasteiger partial charge is 0.353 e. The Bertz CT molecular complexity index is 1040. The van der Waals surface area contributed by atoms with Gasteiger partial charge < -0.3 is 10.2 Å². The van der Waals surface area contributed by atoms with Gasteiger partial charge in [-0.2, -0.15) is 5.10 Å². The first-order valence-corrected chi connectivity index (χ1v) is 9.54. The molecule has 0 spiro atoms. The molecule has 0 aliphatic carbocycles. The number of fused-ring (bicyclic) bond motifs is 1. The molecule has 0 unspecified atom stereocenters. The number of nitrogens with one attached hydrogen (secondary N) is 1. The van der Waals surface area contributed by atoms with E-state index < -0.39 is 6.04 Å². The predicted molar refractivity (Wildman–Crippen MR) is 106 cm³/mol. The summed E-state index contributed by atoms with van der Waals surface area (Å²) < 4.78 is 1.86. The number of pyridine rings is 1. The maximum Gasteiger partial charge on any atom is 0.255 e. The van der Waals surface area contributed by atoms with Gasteiger partial charge in [0.1, 0.15) is 6.04 Å². The SMILES string of the molecule is CC[C@@H]1C(=O)NCCN1C(=O)c1cc(Cn2nccc2C)nc2ccccc12. The third-order valence-electron chi connectivity index (χ3n) is 5.22. The molecule has 1 aromatic carbocycles. The Morgan fingerprint density at radius 1 is 1.29 bits per heavy atom. The normalized spacial score (nSPS) is 17.0. The highest BCUT2D eigenvalue weighted by atomic mass is 16.2. The average molecular weight is 377 g/mol. The third-order valence-corrected chi connectivity index (χ3v) is 5.22. The molecule has 0 radical (unpaired) electrons. The van der Waals surface area contributed by atoms with Crippen LogP contribution in [0.5, 0.6) is 0 Å². The quantitative estimate of drug-likeness (QED) is 0.755. The fourth-order valence-corrected chi connectivity index (χ4v) is 3.72. The van der Waals surface area contributed by atoms with Crippen LogP contribution in [0.15, 0.2) is 42.6 Å². The van der Waals surface area contributed by atoms with Crippen LogP contribution < -0.4 is 5.32 Å². The van der Waals surface area contributed by atoms with Crippen LogP contribution in [0.4, 0.5) is 0 Å².